The minimum atomic E-state index is -0.820. The predicted molar refractivity (Wildman–Crippen MR) is 40.0 cm³/mol. The maximum absolute atomic E-state index is 8.90. The van der Waals surface area contributed by atoms with Crippen molar-refractivity contribution in [2.24, 2.45) is 0 Å². The summed E-state index contributed by atoms with van der Waals surface area (Å²) < 4.78 is 0. The molecule has 0 radical (unpaired) electrons. The van der Waals surface area contributed by atoms with Gasteiger partial charge in [-0.2, -0.15) is 0 Å². The third-order valence-electron chi connectivity index (χ3n) is 1.06. The van der Waals surface area contributed by atoms with Gasteiger partial charge in [0.15, 0.2) is 0 Å². The van der Waals surface area contributed by atoms with Crippen LogP contribution in [0.2, 0.25) is 16.1 Å². The molecule has 0 aromatic carbocycles. The second-order valence-electron chi connectivity index (χ2n) is 2.33. The van der Waals surface area contributed by atoms with Gasteiger partial charge in [-0.25, -0.2) is 0 Å². The Bertz CT molecular complexity index is 66.1. The number of rotatable bonds is 4. The van der Waals surface area contributed by atoms with E-state index in [9.17, 15) is 0 Å². The summed E-state index contributed by atoms with van der Waals surface area (Å²) in [5.41, 5.74) is 2.18. The molecular weight excluding hydrogens is 179 g/mol. The van der Waals surface area contributed by atoms with Crippen molar-refractivity contribution in [2.75, 3.05) is 6.61 Å². The van der Waals surface area contributed by atoms with E-state index in [1.807, 2.05) is 6.92 Å². The molecule has 0 aromatic heterocycles. The van der Waals surface area contributed by atoms with Gasteiger partial charge < -0.3 is 0 Å². The fourth-order valence-electron chi connectivity index (χ4n) is 0.713. The Balaban J connectivity index is 3.15. The first kappa shape index (κ1) is 9.48. The molecule has 0 aliphatic rings. The van der Waals surface area contributed by atoms with E-state index in [0.717, 1.165) is 10.4 Å². The molecule has 2 N–H and O–H groups in total. The van der Waals surface area contributed by atoms with Crippen LogP contribution in [0, 0.1) is 0 Å². The molecule has 0 heterocycles. The molecule has 2 nitrogen and oxygen atoms in total. The molecule has 0 fully saturated rings. The van der Waals surface area contributed by atoms with Crippen molar-refractivity contribution in [3.05, 3.63) is 0 Å². The van der Waals surface area contributed by atoms with Crippen LogP contribution in [-0.2, 0) is 0 Å². The van der Waals surface area contributed by atoms with Crippen molar-refractivity contribution in [2.45, 2.75) is 29.2 Å². The summed E-state index contributed by atoms with van der Waals surface area (Å²) in [4.78, 5) is 0. The van der Waals surface area contributed by atoms with Crippen LogP contribution in [0.3, 0.4) is 0 Å². The molecule has 0 rings (SSSR count). The van der Waals surface area contributed by atoms with Crippen molar-refractivity contribution in [3.63, 3.8) is 0 Å². The number of aliphatic hydroxyl groups excluding tert-OH is 2. The number of hydrogen-bond acceptors (Lipinski definition) is 2. The Morgan fingerprint density at radius 3 is 2.44 bits per heavy atom. The quantitative estimate of drug-likeness (QED) is 0.639. The van der Waals surface area contributed by atoms with Crippen molar-refractivity contribution >= 4 is 14.7 Å². The van der Waals surface area contributed by atoms with Gasteiger partial charge in [0.25, 0.3) is 0 Å². The summed E-state index contributed by atoms with van der Waals surface area (Å²) in [6.45, 7) is 2.10. The van der Waals surface area contributed by atoms with Crippen LogP contribution in [0.5, 0.6) is 0 Å². The number of hydrogen-bond donors (Lipinski definition) is 2. The summed E-state index contributed by atoms with van der Waals surface area (Å²) in [6, 6.07) is 0. The first-order valence-electron chi connectivity index (χ1n) is 3.14. The second-order valence-corrected chi connectivity index (χ2v) is 7.63. The molecule has 2 atom stereocenters. The van der Waals surface area contributed by atoms with E-state index in [2.05, 4.69) is 5.71 Å². The monoisotopic (exact) mass is 194 g/mol. The zero-order valence-electron chi connectivity index (χ0n) is 6.04. The Morgan fingerprint density at radius 1 is 1.56 bits per heavy atom. The van der Waals surface area contributed by atoms with Crippen LogP contribution < -0.4 is 0 Å². The summed E-state index contributed by atoms with van der Waals surface area (Å²) in [6.07, 6.45) is -0.165. The fraction of sp³-hybridized carbons (Fsp3) is 1.00. The van der Waals surface area contributed by atoms with Crippen LogP contribution in [0.25, 0.3) is 0 Å². The average molecular weight is 194 g/mol. The summed E-state index contributed by atoms with van der Waals surface area (Å²) in [5, 5.41) is 19.3. The van der Waals surface area contributed by atoms with Crippen LogP contribution in [-0.4, -0.2) is 37.6 Å². The molecule has 3 heteroatoms. The molecule has 0 aromatic rings. The van der Waals surface area contributed by atoms with E-state index >= 15 is 0 Å². The second kappa shape index (κ2) is 5.28. The first-order chi connectivity index (χ1) is 4.16. The average Bonchev–Trinajstić information content (AvgIpc) is 1.63. The van der Waals surface area contributed by atoms with E-state index in [1.165, 1.54) is 0 Å². The van der Waals surface area contributed by atoms with Gasteiger partial charge in [0, 0.05) is 0 Å². The molecule has 2 unspecified atom stereocenters. The Morgan fingerprint density at radius 2 is 2.11 bits per heavy atom. The molecular formula is C6H15AsO2. The van der Waals surface area contributed by atoms with Gasteiger partial charge in [0.05, 0.1) is 0 Å². The van der Waals surface area contributed by atoms with Gasteiger partial charge in [-0.3, -0.25) is 0 Å². The van der Waals surface area contributed by atoms with Crippen molar-refractivity contribution in [1.29, 1.82) is 0 Å². The molecule has 56 valence electrons. The Hall–Kier alpha value is 0.478. The Labute approximate surface area is 61.2 Å². The molecule has 9 heavy (non-hydrogen) atoms. The van der Waals surface area contributed by atoms with Gasteiger partial charge >= 0.3 is 60.6 Å². The van der Waals surface area contributed by atoms with Gasteiger partial charge in [0.2, 0.25) is 0 Å². The van der Waals surface area contributed by atoms with Crippen LogP contribution >= 0.6 is 0 Å². The SMILES string of the molecule is CC(O)C[As](C)CCO. The molecule has 0 saturated heterocycles. The van der Waals surface area contributed by atoms with Gasteiger partial charge in [-0.15, -0.1) is 0 Å². The molecule has 0 amide bonds. The normalized spacial score (nSPS) is 17.3. The van der Waals surface area contributed by atoms with Crippen LogP contribution in [0.15, 0.2) is 0 Å². The molecule has 0 spiro atoms. The zero-order chi connectivity index (χ0) is 7.28. The maximum atomic E-state index is 8.90. The first-order valence-corrected chi connectivity index (χ1v) is 7.67. The minimum absolute atomic E-state index is 0.165. The van der Waals surface area contributed by atoms with Crippen molar-refractivity contribution in [1.82, 2.24) is 0 Å². The fourth-order valence-corrected chi connectivity index (χ4v) is 3.71. The van der Waals surface area contributed by atoms with Crippen LogP contribution in [0.1, 0.15) is 6.92 Å². The van der Waals surface area contributed by atoms with E-state index in [-0.39, 0.29) is 6.10 Å². The van der Waals surface area contributed by atoms with Crippen molar-refractivity contribution in [3.8, 4) is 0 Å². The third kappa shape index (κ3) is 6.36. The zero-order valence-corrected chi connectivity index (χ0v) is 7.92. The molecule has 0 saturated carbocycles. The summed E-state index contributed by atoms with van der Waals surface area (Å²) in [5.74, 6) is 0. The third-order valence-corrected chi connectivity index (χ3v) is 5.50. The Kier molecular flexibility index (Phi) is 5.56. The molecule has 0 bridgehead atoms. The van der Waals surface area contributed by atoms with Gasteiger partial charge in [-0.1, -0.05) is 0 Å². The van der Waals surface area contributed by atoms with Crippen molar-refractivity contribution < 1.29 is 10.2 Å². The van der Waals surface area contributed by atoms with Crippen LogP contribution in [0.4, 0.5) is 0 Å². The topological polar surface area (TPSA) is 40.5 Å². The summed E-state index contributed by atoms with van der Waals surface area (Å²) >= 11 is -0.820. The number of aliphatic hydroxyl groups is 2. The summed E-state index contributed by atoms with van der Waals surface area (Å²) in [7, 11) is 0. The molecule has 0 aliphatic carbocycles. The van der Waals surface area contributed by atoms with E-state index in [1.54, 1.807) is 0 Å². The van der Waals surface area contributed by atoms with Gasteiger partial charge in [-0.05, 0) is 0 Å². The van der Waals surface area contributed by atoms with E-state index in [0.29, 0.717) is 6.61 Å². The van der Waals surface area contributed by atoms with E-state index < -0.39 is 14.7 Å². The van der Waals surface area contributed by atoms with E-state index in [4.69, 9.17) is 10.2 Å². The van der Waals surface area contributed by atoms with Gasteiger partial charge in [0.1, 0.15) is 0 Å². The molecule has 0 aliphatic heterocycles. The predicted octanol–water partition coefficient (Wildman–Crippen LogP) is 0.484. The standard InChI is InChI=1S/C6H15AsO2/c1-6(9)5-7(2)3-4-8/h6,8-9H,3-5H2,1-2H3.